The third-order valence-corrected chi connectivity index (χ3v) is 7.53. The molecule has 0 saturated carbocycles. The molecule has 1 aromatic carbocycles. The second kappa shape index (κ2) is 39.4. The zero-order chi connectivity index (χ0) is 37.4. The van der Waals surface area contributed by atoms with E-state index in [0.717, 1.165) is 88.9 Å². The lowest BCUT2D eigenvalue weighted by molar-refractivity contribution is -0.165. The molecular weight excluding hydrogens is 672 g/mol. The van der Waals surface area contributed by atoms with E-state index in [1.54, 1.807) is 0 Å². The van der Waals surface area contributed by atoms with E-state index >= 15 is 0 Å². The third-order valence-electron chi connectivity index (χ3n) is 7.53. The van der Waals surface area contributed by atoms with E-state index < -0.39 is 12.6 Å². The normalized spacial score (nSPS) is 11.8. The Labute approximate surface area is 315 Å². The molecule has 0 aromatic heterocycles. The first-order chi connectivity index (χ1) is 25.8. The quantitative estimate of drug-likeness (QED) is 0.0504. The van der Waals surface area contributed by atoms with Gasteiger partial charge in [0.05, 0.1) is 106 Å². The highest BCUT2D eigenvalue weighted by atomic mass is 16.7. The number of rotatable bonds is 42. The Balaban J connectivity index is 2.69. The van der Waals surface area contributed by atoms with E-state index in [4.69, 9.17) is 56.8 Å². The fraction of sp³-hybridized carbons (Fsp3) is 0.850. The summed E-state index contributed by atoms with van der Waals surface area (Å²) >= 11 is 0. The van der Waals surface area contributed by atoms with E-state index in [1.807, 2.05) is 24.3 Å². The van der Waals surface area contributed by atoms with Crippen LogP contribution in [0.5, 0.6) is 0 Å². The smallest absolute Gasteiger partial charge is 0.184 e. The summed E-state index contributed by atoms with van der Waals surface area (Å²) in [7, 11) is 0. The highest BCUT2D eigenvalue weighted by molar-refractivity contribution is 5.24. The van der Waals surface area contributed by atoms with Crippen molar-refractivity contribution in [3.05, 3.63) is 35.4 Å². The first-order valence-corrected chi connectivity index (χ1v) is 19.9. The van der Waals surface area contributed by atoms with Gasteiger partial charge in [-0.15, -0.1) is 0 Å². The van der Waals surface area contributed by atoms with Crippen molar-refractivity contribution in [3.63, 3.8) is 0 Å². The SMILES string of the molecule is CCCCOCCOCCOC(OCCOCCOCCCC)c1ccc(C(OCCOCCOCCCC)OCCOCCOCCCC)cc1. The van der Waals surface area contributed by atoms with Crippen LogP contribution < -0.4 is 0 Å². The monoisotopic (exact) mass is 747 g/mol. The summed E-state index contributed by atoms with van der Waals surface area (Å²) in [5, 5.41) is 0. The van der Waals surface area contributed by atoms with Crippen LogP contribution >= 0.6 is 0 Å². The highest BCUT2D eigenvalue weighted by Crippen LogP contribution is 2.24. The van der Waals surface area contributed by atoms with Crippen molar-refractivity contribution < 1.29 is 56.8 Å². The van der Waals surface area contributed by atoms with Gasteiger partial charge in [0, 0.05) is 37.6 Å². The molecular formula is C40H74O12. The third kappa shape index (κ3) is 30.1. The van der Waals surface area contributed by atoms with Crippen molar-refractivity contribution in [1.29, 1.82) is 0 Å². The van der Waals surface area contributed by atoms with Crippen LogP contribution in [0.3, 0.4) is 0 Å². The van der Waals surface area contributed by atoms with Gasteiger partial charge in [0.15, 0.2) is 12.6 Å². The molecule has 0 N–H and O–H groups in total. The molecule has 0 amide bonds. The van der Waals surface area contributed by atoms with Crippen molar-refractivity contribution >= 4 is 0 Å². The van der Waals surface area contributed by atoms with Gasteiger partial charge in [-0.3, -0.25) is 0 Å². The van der Waals surface area contributed by atoms with Gasteiger partial charge < -0.3 is 56.8 Å². The molecule has 1 aromatic rings. The molecule has 0 aliphatic carbocycles. The van der Waals surface area contributed by atoms with Crippen LogP contribution in [0.4, 0.5) is 0 Å². The Hall–Kier alpha value is -1.26. The van der Waals surface area contributed by atoms with Crippen LogP contribution in [0, 0.1) is 0 Å². The van der Waals surface area contributed by atoms with Gasteiger partial charge in [-0.2, -0.15) is 0 Å². The standard InChI is InChI=1S/C40H74O12/c1-5-9-17-41-21-25-45-29-33-49-39(50-34-30-46-26-22-42-18-10-6-2)37-13-15-38(16-14-37)40(51-35-31-47-27-23-43-19-11-7-3)52-36-32-48-28-24-44-20-12-8-4/h13-16,39-40H,5-12,17-36H2,1-4H3. The van der Waals surface area contributed by atoms with Gasteiger partial charge in [0.25, 0.3) is 0 Å². The fourth-order valence-electron chi connectivity index (χ4n) is 4.42. The maximum absolute atomic E-state index is 6.13. The maximum atomic E-state index is 6.13. The molecule has 12 nitrogen and oxygen atoms in total. The van der Waals surface area contributed by atoms with Crippen LogP contribution in [-0.2, 0) is 56.8 Å². The Morgan fingerprint density at radius 2 is 0.481 bits per heavy atom. The predicted octanol–water partition coefficient (Wildman–Crippen LogP) is 7.08. The highest BCUT2D eigenvalue weighted by Gasteiger charge is 2.17. The van der Waals surface area contributed by atoms with Crippen LogP contribution in [0.2, 0.25) is 0 Å². The average molecular weight is 747 g/mol. The largest absolute Gasteiger partial charge is 0.379 e. The van der Waals surface area contributed by atoms with E-state index in [2.05, 4.69) is 27.7 Å². The molecule has 0 saturated heterocycles. The van der Waals surface area contributed by atoms with Gasteiger partial charge in [-0.1, -0.05) is 77.6 Å². The lowest BCUT2D eigenvalue weighted by Gasteiger charge is -2.22. The van der Waals surface area contributed by atoms with E-state index in [-0.39, 0.29) is 0 Å². The summed E-state index contributed by atoms with van der Waals surface area (Å²) in [5.74, 6) is 0. The van der Waals surface area contributed by atoms with E-state index in [0.29, 0.717) is 106 Å². The molecule has 12 heteroatoms. The minimum Gasteiger partial charge on any atom is -0.379 e. The van der Waals surface area contributed by atoms with Crippen molar-refractivity contribution in [2.75, 3.05) is 132 Å². The molecule has 0 aliphatic heterocycles. The summed E-state index contributed by atoms with van der Waals surface area (Å²) in [6, 6.07) is 7.88. The van der Waals surface area contributed by atoms with Gasteiger partial charge in [-0.25, -0.2) is 0 Å². The van der Waals surface area contributed by atoms with Crippen LogP contribution in [0.1, 0.15) is 103 Å². The summed E-state index contributed by atoms with van der Waals surface area (Å²) in [6.07, 6.45) is 7.51. The predicted molar refractivity (Wildman–Crippen MR) is 202 cm³/mol. The zero-order valence-corrected chi connectivity index (χ0v) is 33.2. The molecule has 0 aliphatic rings. The van der Waals surface area contributed by atoms with Crippen molar-refractivity contribution in [2.24, 2.45) is 0 Å². The summed E-state index contributed by atoms with van der Waals surface area (Å²) < 4.78 is 69.6. The average Bonchev–Trinajstić information content (AvgIpc) is 3.16. The van der Waals surface area contributed by atoms with Gasteiger partial charge in [0.2, 0.25) is 0 Å². The van der Waals surface area contributed by atoms with Crippen LogP contribution in [0.25, 0.3) is 0 Å². The molecule has 0 bridgehead atoms. The van der Waals surface area contributed by atoms with Crippen molar-refractivity contribution in [1.82, 2.24) is 0 Å². The number of hydrogen-bond acceptors (Lipinski definition) is 12. The number of hydrogen-bond donors (Lipinski definition) is 0. The second-order valence-corrected chi connectivity index (χ2v) is 12.1. The Morgan fingerprint density at radius 1 is 0.288 bits per heavy atom. The van der Waals surface area contributed by atoms with E-state index in [9.17, 15) is 0 Å². The minimum absolute atomic E-state index is 0.371. The molecule has 0 fully saturated rings. The lowest BCUT2D eigenvalue weighted by Crippen LogP contribution is -2.18. The second-order valence-electron chi connectivity index (χ2n) is 12.1. The summed E-state index contributed by atoms with van der Waals surface area (Å²) in [6.45, 7) is 19.3. The number of benzene rings is 1. The molecule has 0 atom stereocenters. The number of unbranched alkanes of at least 4 members (excludes halogenated alkanes) is 4. The first-order valence-electron chi connectivity index (χ1n) is 19.9. The molecule has 0 radical (unpaired) electrons. The van der Waals surface area contributed by atoms with Gasteiger partial charge in [0.1, 0.15) is 0 Å². The Kier molecular flexibility index (Phi) is 37.0. The fourth-order valence-corrected chi connectivity index (χ4v) is 4.42. The molecule has 0 heterocycles. The topological polar surface area (TPSA) is 111 Å². The Morgan fingerprint density at radius 3 is 0.692 bits per heavy atom. The van der Waals surface area contributed by atoms with Crippen LogP contribution in [-0.4, -0.2) is 132 Å². The summed E-state index contributed by atoms with van der Waals surface area (Å²) in [5.41, 5.74) is 1.73. The minimum atomic E-state index is -0.593. The van der Waals surface area contributed by atoms with E-state index in [1.165, 1.54) is 0 Å². The summed E-state index contributed by atoms with van der Waals surface area (Å²) in [4.78, 5) is 0. The number of ether oxygens (including phenoxy) is 12. The molecule has 52 heavy (non-hydrogen) atoms. The Bertz CT molecular complexity index is 720. The van der Waals surface area contributed by atoms with Crippen molar-refractivity contribution in [2.45, 2.75) is 91.6 Å². The van der Waals surface area contributed by atoms with Crippen molar-refractivity contribution in [3.8, 4) is 0 Å². The van der Waals surface area contributed by atoms with Crippen LogP contribution in [0.15, 0.2) is 24.3 Å². The maximum Gasteiger partial charge on any atom is 0.184 e. The van der Waals surface area contributed by atoms with Gasteiger partial charge >= 0.3 is 0 Å². The lowest BCUT2D eigenvalue weighted by atomic mass is 10.1. The first kappa shape index (κ1) is 48.8. The molecule has 1 rings (SSSR count). The molecule has 0 spiro atoms. The van der Waals surface area contributed by atoms with Gasteiger partial charge in [-0.05, 0) is 25.7 Å². The molecule has 306 valence electrons. The zero-order valence-electron chi connectivity index (χ0n) is 33.2. The molecule has 0 unspecified atom stereocenters.